The Labute approximate surface area is 151 Å². The number of Topliss-reactive ketones (excluding diaryl/α,β-unsaturated/α-hetero) is 1. The first-order valence-corrected chi connectivity index (χ1v) is 8.96. The Balaban J connectivity index is 1.86. The van der Waals surface area contributed by atoms with Gasteiger partial charge in [-0.25, -0.2) is 0 Å². The van der Waals surface area contributed by atoms with E-state index in [-0.39, 0.29) is 22.7 Å². The van der Waals surface area contributed by atoms with Crippen molar-refractivity contribution in [2.75, 3.05) is 11.9 Å². The molecule has 1 aliphatic heterocycles. The lowest BCUT2D eigenvalue weighted by atomic mass is 9.69. The molecule has 26 heavy (non-hydrogen) atoms. The number of fused-ring (bicyclic) bond motifs is 1. The summed E-state index contributed by atoms with van der Waals surface area (Å²) in [5.41, 5.74) is 2.82. The number of rotatable bonds is 3. The molecular formula is C20H23N3O3. The first-order valence-electron chi connectivity index (χ1n) is 8.96. The highest BCUT2D eigenvalue weighted by Crippen LogP contribution is 2.47. The van der Waals surface area contributed by atoms with Gasteiger partial charge in [0.15, 0.2) is 5.78 Å². The summed E-state index contributed by atoms with van der Waals surface area (Å²) in [4.78, 5) is 25.4. The van der Waals surface area contributed by atoms with Crippen molar-refractivity contribution in [3.05, 3.63) is 57.0 Å². The molecular weight excluding hydrogens is 330 g/mol. The quantitative estimate of drug-likeness (QED) is 0.790. The van der Waals surface area contributed by atoms with Gasteiger partial charge >= 0.3 is 0 Å². The van der Waals surface area contributed by atoms with Gasteiger partial charge in [-0.2, -0.15) is 0 Å². The number of nitrogens with one attached hydrogen (secondary N) is 3. The lowest BCUT2D eigenvalue weighted by Crippen LogP contribution is -2.34. The summed E-state index contributed by atoms with van der Waals surface area (Å²) in [5.74, 6) is 1.17. The number of aromatic nitrogens is 2. The van der Waals surface area contributed by atoms with E-state index >= 15 is 0 Å². The second kappa shape index (κ2) is 5.90. The van der Waals surface area contributed by atoms with Crippen LogP contribution in [0.1, 0.15) is 50.7 Å². The van der Waals surface area contributed by atoms with Gasteiger partial charge in [-0.05, 0) is 36.5 Å². The molecule has 3 N–H and O–H groups in total. The number of aromatic amines is 2. The monoisotopic (exact) mass is 353 g/mol. The number of ketones is 1. The Morgan fingerprint density at radius 2 is 1.85 bits per heavy atom. The fourth-order valence-corrected chi connectivity index (χ4v) is 4.07. The van der Waals surface area contributed by atoms with Gasteiger partial charge in [-0.1, -0.05) is 26.0 Å². The van der Waals surface area contributed by atoms with Gasteiger partial charge in [0.2, 0.25) is 0 Å². The Kier molecular flexibility index (Phi) is 3.79. The third-order valence-corrected chi connectivity index (χ3v) is 5.11. The lowest BCUT2D eigenvalue weighted by Gasteiger charge is -2.37. The zero-order valence-electron chi connectivity index (χ0n) is 15.2. The average Bonchev–Trinajstić information content (AvgIpc) is 2.94. The van der Waals surface area contributed by atoms with Gasteiger partial charge in [-0.3, -0.25) is 19.8 Å². The molecule has 6 nitrogen and oxygen atoms in total. The lowest BCUT2D eigenvalue weighted by molar-refractivity contribution is -0.118. The molecule has 1 aromatic carbocycles. The molecule has 0 fully saturated rings. The zero-order valence-corrected chi connectivity index (χ0v) is 15.2. The van der Waals surface area contributed by atoms with Crippen LogP contribution in [0, 0.1) is 5.41 Å². The van der Waals surface area contributed by atoms with Gasteiger partial charge in [0, 0.05) is 23.6 Å². The minimum Gasteiger partial charge on any atom is -0.494 e. The van der Waals surface area contributed by atoms with E-state index in [1.807, 2.05) is 31.2 Å². The van der Waals surface area contributed by atoms with Crippen molar-refractivity contribution in [1.82, 2.24) is 10.2 Å². The van der Waals surface area contributed by atoms with Crippen molar-refractivity contribution in [3.63, 3.8) is 0 Å². The summed E-state index contributed by atoms with van der Waals surface area (Å²) >= 11 is 0. The summed E-state index contributed by atoms with van der Waals surface area (Å²) in [5, 5.41) is 8.85. The maximum atomic E-state index is 13.0. The minimum absolute atomic E-state index is 0.0968. The summed E-state index contributed by atoms with van der Waals surface area (Å²) in [6.45, 7) is 6.72. The topological polar surface area (TPSA) is 87.0 Å². The van der Waals surface area contributed by atoms with Crippen LogP contribution < -0.4 is 15.6 Å². The number of ether oxygens (including phenoxy) is 1. The van der Waals surface area contributed by atoms with Crippen molar-refractivity contribution in [2.45, 2.75) is 39.5 Å². The maximum Gasteiger partial charge on any atom is 0.270 e. The number of H-pyrrole nitrogens is 2. The average molecular weight is 353 g/mol. The van der Waals surface area contributed by atoms with Crippen molar-refractivity contribution in [1.29, 1.82) is 0 Å². The second-order valence-corrected chi connectivity index (χ2v) is 7.76. The van der Waals surface area contributed by atoms with Crippen molar-refractivity contribution < 1.29 is 9.53 Å². The van der Waals surface area contributed by atoms with Crippen LogP contribution in [0.2, 0.25) is 0 Å². The van der Waals surface area contributed by atoms with Crippen LogP contribution in [0.25, 0.3) is 0 Å². The third-order valence-electron chi connectivity index (χ3n) is 5.11. The number of carbonyl (C=O) groups is 1. The highest BCUT2D eigenvalue weighted by atomic mass is 16.5. The van der Waals surface area contributed by atoms with E-state index in [0.29, 0.717) is 30.0 Å². The first-order chi connectivity index (χ1) is 12.4. The van der Waals surface area contributed by atoms with Crippen molar-refractivity contribution in [2.24, 2.45) is 5.41 Å². The van der Waals surface area contributed by atoms with Crippen LogP contribution in [-0.2, 0) is 4.79 Å². The molecule has 2 aromatic rings. The zero-order chi connectivity index (χ0) is 18.5. The molecule has 1 aromatic heterocycles. The Bertz CT molecular complexity index is 947. The van der Waals surface area contributed by atoms with E-state index < -0.39 is 0 Å². The van der Waals surface area contributed by atoms with Crippen LogP contribution in [0.4, 0.5) is 5.82 Å². The van der Waals surface area contributed by atoms with Crippen molar-refractivity contribution >= 4 is 11.6 Å². The molecule has 0 radical (unpaired) electrons. The standard InChI is InChI=1S/C20H23N3O3/c1-4-26-12-7-5-11(6-8-12)15-16-13(9-20(2,3)10-14(16)24)21-18-17(15)19(25)23-22-18/h5-8,15H,4,9-10H2,1-3H3,(H3,21,22,23,25). The number of allylic oxidation sites excluding steroid dienone is 2. The number of hydrogen-bond donors (Lipinski definition) is 3. The maximum absolute atomic E-state index is 13.0. The molecule has 0 bridgehead atoms. The largest absolute Gasteiger partial charge is 0.494 e. The van der Waals surface area contributed by atoms with Gasteiger partial charge in [-0.15, -0.1) is 0 Å². The van der Waals surface area contributed by atoms with Gasteiger partial charge in [0.25, 0.3) is 5.56 Å². The Hall–Kier alpha value is -2.76. The normalized spacial score (nSPS) is 21.0. The summed E-state index contributed by atoms with van der Waals surface area (Å²) in [6.07, 6.45) is 1.26. The summed E-state index contributed by atoms with van der Waals surface area (Å²) in [6, 6.07) is 7.65. The van der Waals surface area contributed by atoms with Crippen molar-refractivity contribution in [3.8, 4) is 5.75 Å². The predicted octanol–water partition coefficient (Wildman–Crippen LogP) is 3.30. The third kappa shape index (κ3) is 2.66. The molecule has 1 atom stereocenters. The molecule has 2 aliphatic rings. The number of carbonyl (C=O) groups excluding carboxylic acids is 1. The molecule has 0 amide bonds. The van der Waals surface area contributed by atoms with E-state index in [4.69, 9.17) is 4.74 Å². The summed E-state index contributed by atoms with van der Waals surface area (Å²) < 4.78 is 5.52. The molecule has 1 unspecified atom stereocenters. The Morgan fingerprint density at radius 1 is 1.12 bits per heavy atom. The SMILES string of the molecule is CCOc1ccc(C2C3=C(CC(C)(C)CC3=O)Nc3[nH][nH]c(=O)c32)cc1. The fraction of sp³-hybridized carbons (Fsp3) is 0.400. The fourth-order valence-electron chi connectivity index (χ4n) is 4.07. The molecule has 136 valence electrons. The number of benzene rings is 1. The molecule has 2 heterocycles. The smallest absolute Gasteiger partial charge is 0.270 e. The van der Waals surface area contributed by atoms with Crippen LogP contribution in [0.3, 0.4) is 0 Å². The first kappa shape index (κ1) is 16.7. The van der Waals surface area contributed by atoms with Crippen LogP contribution in [0.15, 0.2) is 40.3 Å². The predicted molar refractivity (Wildman–Crippen MR) is 99.5 cm³/mol. The van der Waals surface area contributed by atoms with Gasteiger partial charge in [0.1, 0.15) is 11.6 Å². The second-order valence-electron chi connectivity index (χ2n) is 7.76. The molecule has 0 spiro atoms. The number of anilines is 1. The Morgan fingerprint density at radius 3 is 2.54 bits per heavy atom. The van der Waals surface area contributed by atoms with Crippen LogP contribution in [-0.4, -0.2) is 22.6 Å². The number of hydrogen-bond acceptors (Lipinski definition) is 4. The molecule has 0 saturated carbocycles. The molecule has 0 saturated heterocycles. The molecule has 6 heteroatoms. The van der Waals surface area contributed by atoms with Crippen LogP contribution in [0.5, 0.6) is 5.75 Å². The molecule has 4 rings (SSSR count). The van der Waals surface area contributed by atoms with E-state index in [9.17, 15) is 9.59 Å². The highest BCUT2D eigenvalue weighted by molar-refractivity contribution is 6.01. The van der Waals surface area contributed by atoms with Gasteiger partial charge < -0.3 is 10.1 Å². The van der Waals surface area contributed by atoms with E-state index in [0.717, 1.165) is 23.4 Å². The van der Waals surface area contributed by atoms with E-state index in [1.54, 1.807) is 0 Å². The van der Waals surface area contributed by atoms with Crippen LogP contribution >= 0.6 is 0 Å². The highest BCUT2D eigenvalue weighted by Gasteiger charge is 2.42. The van der Waals surface area contributed by atoms with E-state index in [1.165, 1.54) is 0 Å². The minimum atomic E-state index is -0.365. The van der Waals surface area contributed by atoms with Gasteiger partial charge in [0.05, 0.1) is 12.2 Å². The molecule has 1 aliphatic carbocycles. The summed E-state index contributed by atoms with van der Waals surface area (Å²) in [7, 11) is 0. The van der Waals surface area contributed by atoms with E-state index in [2.05, 4.69) is 29.4 Å².